The van der Waals surface area contributed by atoms with E-state index in [0.29, 0.717) is 0 Å². The lowest BCUT2D eigenvalue weighted by atomic mass is 10.0. The highest BCUT2D eigenvalue weighted by Crippen LogP contribution is 2.26. The molecule has 0 spiro atoms. The highest BCUT2D eigenvalue weighted by molar-refractivity contribution is 5.64. The van der Waals surface area contributed by atoms with Crippen LogP contribution < -0.4 is 5.73 Å². The van der Waals surface area contributed by atoms with Crippen LogP contribution in [0.2, 0.25) is 0 Å². The Morgan fingerprint density at radius 2 is 2.06 bits per heavy atom. The smallest absolute Gasteiger partial charge is 0.154 e. The quantitative estimate of drug-likeness (QED) is 0.891. The number of aromatic nitrogens is 1. The van der Waals surface area contributed by atoms with Crippen molar-refractivity contribution in [3.63, 3.8) is 0 Å². The molecule has 3 nitrogen and oxygen atoms in total. The number of aryl methyl sites for hydroxylation is 2. The van der Waals surface area contributed by atoms with Gasteiger partial charge in [-0.05, 0) is 31.9 Å². The highest BCUT2D eigenvalue weighted by Gasteiger charge is 2.14. The Labute approximate surface area is 108 Å². The van der Waals surface area contributed by atoms with Crippen molar-refractivity contribution in [3.8, 4) is 11.3 Å². The molecule has 96 valence electrons. The molecule has 0 fully saturated rings. The van der Waals surface area contributed by atoms with Gasteiger partial charge in [0.25, 0.3) is 0 Å². The Kier molecular flexibility index (Phi) is 3.82. The summed E-state index contributed by atoms with van der Waals surface area (Å²) in [6.45, 7) is 6.27. The van der Waals surface area contributed by atoms with E-state index >= 15 is 0 Å². The fourth-order valence-electron chi connectivity index (χ4n) is 2.06. The van der Waals surface area contributed by atoms with Gasteiger partial charge in [-0.15, -0.1) is 0 Å². The molecule has 0 amide bonds. The van der Waals surface area contributed by atoms with Crippen molar-refractivity contribution in [2.75, 3.05) is 0 Å². The molecule has 2 aromatic rings. The second-order valence-corrected chi connectivity index (χ2v) is 4.83. The van der Waals surface area contributed by atoms with Gasteiger partial charge in [-0.3, -0.25) is 0 Å². The van der Waals surface area contributed by atoms with E-state index in [0.717, 1.165) is 29.9 Å². The van der Waals surface area contributed by atoms with Gasteiger partial charge in [0.1, 0.15) is 5.69 Å². The zero-order chi connectivity index (χ0) is 13.1. The van der Waals surface area contributed by atoms with E-state index in [-0.39, 0.29) is 6.04 Å². The monoisotopic (exact) mass is 244 g/mol. The van der Waals surface area contributed by atoms with Gasteiger partial charge in [-0.2, -0.15) is 0 Å². The third kappa shape index (κ3) is 2.62. The molecule has 1 aromatic carbocycles. The molecule has 2 N–H and O–H groups in total. The summed E-state index contributed by atoms with van der Waals surface area (Å²) in [5.41, 5.74) is 10.4. The zero-order valence-electron chi connectivity index (χ0n) is 11.2. The molecule has 0 saturated heterocycles. The number of hydrogen-bond donors (Lipinski definition) is 1. The summed E-state index contributed by atoms with van der Waals surface area (Å²) < 4.78 is 5.35. The van der Waals surface area contributed by atoms with Gasteiger partial charge >= 0.3 is 0 Å². The number of benzene rings is 1. The van der Waals surface area contributed by atoms with Crippen molar-refractivity contribution in [2.24, 2.45) is 5.73 Å². The molecule has 0 aliphatic carbocycles. The van der Waals surface area contributed by atoms with Gasteiger partial charge in [-0.1, -0.05) is 36.2 Å². The first-order valence-corrected chi connectivity index (χ1v) is 6.41. The van der Waals surface area contributed by atoms with Crippen molar-refractivity contribution in [1.82, 2.24) is 5.16 Å². The lowest BCUT2D eigenvalue weighted by Crippen LogP contribution is -2.08. The third-order valence-corrected chi connectivity index (χ3v) is 3.16. The summed E-state index contributed by atoms with van der Waals surface area (Å²) in [5.74, 6) is 0.771. The average molecular weight is 244 g/mol. The predicted octanol–water partition coefficient (Wildman–Crippen LogP) is 3.76. The standard InChI is InChI=1S/C15H20N2O/c1-4-5-13(16)15-9-14(17-18-15)12-8-10(2)6-7-11(12)3/h6-9,13H,4-5,16H2,1-3H3. The van der Waals surface area contributed by atoms with Gasteiger partial charge in [-0.25, -0.2) is 0 Å². The van der Waals surface area contributed by atoms with E-state index in [1.165, 1.54) is 11.1 Å². The van der Waals surface area contributed by atoms with Crippen LogP contribution >= 0.6 is 0 Å². The number of rotatable bonds is 4. The van der Waals surface area contributed by atoms with Crippen LogP contribution in [0.3, 0.4) is 0 Å². The Bertz CT molecular complexity index is 531. The van der Waals surface area contributed by atoms with Crippen molar-refractivity contribution in [3.05, 3.63) is 41.2 Å². The van der Waals surface area contributed by atoms with E-state index in [1.54, 1.807) is 0 Å². The predicted molar refractivity (Wildman–Crippen MR) is 73.2 cm³/mol. The maximum absolute atomic E-state index is 6.03. The summed E-state index contributed by atoms with van der Waals surface area (Å²) in [5, 5.41) is 4.14. The Balaban J connectivity index is 2.32. The molecule has 18 heavy (non-hydrogen) atoms. The molecule has 3 heteroatoms. The van der Waals surface area contributed by atoms with Crippen LogP contribution in [0.5, 0.6) is 0 Å². The second kappa shape index (κ2) is 5.36. The maximum Gasteiger partial charge on any atom is 0.154 e. The molecule has 0 bridgehead atoms. The summed E-state index contributed by atoms with van der Waals surface area (Å²) in [7, 11) is 0. The fraction of sp³-hybridized carbons (Fsp3) is 0.400. The molecule has 1 unspecified atom stereocenters. The summed E-state index contributed by atoms with van der Waals surface area (Å²) in [6.07, 6.45) is 1.96. The minimum atomic E-state index is -0.0543. The van der Waals surface area contributed by atoms with Crippen molar-refractivity contribution < 1.29 is 4.52 Å². The first-order valence-electron chi connectivity index (χ1n) is 6.41. The van der Waals surface area contributed by atoms with E-state index in [2.05, 4.69) is 44.1 Å². The SMILES string of the molecule is CCCC(N)c1cc(-c2cc(C)ccc2C)no1. The van der Waals surface area contributed by atoms with Crippen LogP contribution in [-0.2, 0) is 0 Å². The molecule has 1 heterocycles. The van der Waals surface area contributed by atoms with E-state index < -0.39 is 0 Å². The first kappa shape index (κ1) is 12.8. The van der Waals surface area contributed by atoms with Gasteiger partial charge in [0.2, 0.25) is 0 Å². The van der Waals surface area contributed by atoms with Gasteiger partial charge in [0.05, 0.1) is 6.04 Å². The van der Waals surface area contributed by atoms with Crippen LogP contribution in [0.25, 0.3) is 11.3 Å². The minimum Gasteiger partial charge on any atom is -0.359 e. The minimum absolute atomic E-state index is 0.0543. The van der Waals surface area contributed by atoms with Crippen molar-refractivity contribution in [2.45, 2.75) is 39.7 Å². The Hall–Kier alpha value is -1.61. The molecule has 0 aliphatic heterocycles. The average Bonchev–Trinajstić information content (AvgIpc) is 2.82. The number of nitrogens with zero attached hydrogens (tertiary/aromatic N) is 1. The third-order valence-electron chi connectivity index (χ3n) is 3.16. The number of hydrogen-bond acceptors (Lipinski definition) is 3. The lowest BCUT2D eigenvalue weighted by molar-refractivity contribution is 0.356. The van der Waals surface area contributed by atoms with E-state index in [4.69, 9.17) is 10.3 Å². The molecule has 2 rings (SSSR count). The van der Waals surface area contributed by atoms with Gasteiger partial charge in [0.15, 0.2) is 5.76 Å². The zero-order valence-corrected chi connectivity index (χ0v) is 11.2. The molecular formula is C15H20N2O. The molecule has 0 radical (unpaired) electrons. The van der Waals surface area contributed by atoms with Gasteiger partial charge < -0.3 is 10.3 Å². The van der Waals surface area contributed by atoms with Crippen LogP contribution in [0.4, 0.5) is 0 Å². The van der Waals surface area contributed by atoms with Crippen LogP contribution in [0.15, 0.2) is 28.8 Å². The van der Waals surface area contributed by atoms with Crippen LogP contribution in [0, 0.1) is 13.8 Å². The first-order chi connectivity index (χ1) is 8.61. The summed E-state index contributed by atoms with van der Waals surface area (Å²) in [4.78, 5) is 0. The van der Waals surface area contributed by atoms with Crippen molar-refractivity contribution >= 4 is 0 Å². The Morgan fingerprint density at radius 1 is 1.28 bits per heavy atom. The topological polar surface area (TPSA) is 52.0 Å². The summed E-state index contributed by atoms with van der Waals surface area (Å²) >= 11 is 0. The maximum atomic E-state index is 6.03. The van der Waals surface area contributed by atoms with Crippen LogP contribution in [0.1, 0.15) is 42.7 Å². The summed E-state index contributed by atoms with van der Waals surface area (Å²) in [6, 6.07) is 8.24. The molecular weight excluding hydrogens is 224 g/mol. The molecule has 1 atom stereocenters. The molecule has 0 aliphatic rings. The fourth-order valence-corrected chi connectivity index (χ4v) is 2.06. The Morgan fingerprint density at radius 3 is 2.78 bits per heavy atom. The van der Waals surface area contributed by atoms with E-state index in [9.17, 15) is 0 Å². The van der Waals surface area contributed by atoms with Gasteiger partial charge in [0, 0.05) is 11.6 Å². The second-order valence-electron chi connectivity index (χ2n) is 4.83. The van der Waals surface area contributed by atoms with Crippen LogP contribution in [-0.4, -0.2) is 5.16 Å². The van der Waals surface area contributed by atoms with Crippen molar-refractivity contribution in [1.29, 1.82) is 0 Å². The normalized spacial score (nSPS) is 12.7. The largest absolute Gasteiger partial charge is 0.359 e. The lowest BCUT2D eigenvalue weighted by Gasteiger charge is -2.04. The number of nitrogens with two attached hydrogens (primary N) is 1. The molecule has 1 aromatic heterocycles. The molecule has 0 saturated carbocycles. The highest BCUT2D eigenvalue weighted by atomic mass is 16.5. The van der Waals surface area contributed by atoms with E-state index in [1.807, 2.05) is 6.07 Å².